The van der Waals surface area contributed by atoms with Crippen molar-refractivity contribution < 1.29 is 23.8 Å². The van der Waals surface area contributed by atoms with Gasteiger partial charge in [0, 0.05) is 19.2 Å². The first kappa shape index (κ1) is 13.8. The maximum atomic E-state index is 13.2. The molecule has 1 aliphatic heterocycles. The van der Waals surface area contributed by atoms with Crippen molar-refractivity contribution >= 4 is 5.97 Å². The zero-order valence-corrected chi connectivity index (χ0v) is 10.6. The fourth-order valence-electron chi connectivity index (χ4n) is 1.93. The van der Waals surface area contributed by atoms with Gasteiger partial charge in [-0.1, -0.05) is 0 Å². The lowest BCUT2D eigenvalue weighted by atomic mass is 10.2. The molecule has 0 aliphatic carbocycles. The molecular formula is C13H16FNO4. The number of nitrogens with zero attached hydrogens (tertiary/aromatic N) is 1. The van der Waals surface area contributed by atoms with E-state index in [2.05, 4.69) is 4.90 Å². The molecule has 104 valence electrons. The minimum atomic E-state index is -1.18. The molecule has 1 N–H and O–H groups in total. The molecule has 1 unspecified atom stereocenters. The normalized spacial score (nSPS) is 20.2. The van der Waals surface area contributed by atoms with Crippen LogP contribution in [0.5, 0.6) is 5.75 Å². The highest BCUT2D eigenvalue weighted by molar-refractivity contribution is 5.88. The summed E-state index contributed by atoms with van der Waals surface area (Å²) < 4.78 is 24.1. The van der Waals surface area contributed by atoms with Gasteiger partial charge in [-0.2, -0.15) is 0 Å². The molecule has 1 aromatic carbocycles. The first-order valence-corrected chi connectivity index (χ1v) is 6.01. The largest absolute Gasteiger partial charge is 0.491 e. The molecule has 5 nitrogen and oxygen atoms in total. The maximum absolute atomic E-state index is 13.2. The van der Waals surface area contributed by atoms with Crippen LogP contribution in [-0.2, 0) is 4.74 Å². The van der Waals surface area contributed by atoms with Gasteiger partial charge in [0.05, 0.1) is 12.2 Å². The average molecular weight is 269 g/mol. The zero-order valence-electron chi connectivity index (χ0n) is 10.6. The summed E-state index contributed by atoms with van der Waals surface area (Å²) in [6.45, 7) is 2.52. The number of hydrogen-bond donors (Lipinski definition) is 1. The van der Waals surface area contributed by atoms with Crippen molar-refractivity contribution in [2.75, 3.05) is 33.4 Å². The molecular weight excluding hydrogens is 253 g/mol. The number of aromatic carboxylic acids is 1. The van der Waals surface area contributed by atoms with E-state index in [1.807, 2.05) is 7.05 Å². The van der Waals surface area contributed by atoms with E-state index in [1.165, 1.54) is 12.1 Å². The standard InChI is InChI=1S/C13H16FNO4/c1-15-2-3-18-12(7-15)8-19-11-5-9(13(16)17)4-10(14)6-11/h4-6,12H,2-3,7-8H2,1H3,(H,16,17). The van der Waals surface area contributed by atoms with Gasteiger partial charge in [-0.3, -0.25) is 0 Å². The minimum Gasteiger partial charge on any atom is -0.491 e. The number of carboxylic acids is 1. The Balaban J connectivity index is 1.97. The van der Waals surface area contributed by atoms with Crippen LogP contribution in [0.3, 0.4) is 0 Å². The monoisotopic (exact) mass is 269 g/mol. The van der Waals surface area contributed by atoms with Crippen molar-refractivity contribution in [2.24, 2.45) is 0 Å². The molecule has 1 aliphatic rings. The summed E-state index contributed by atoms with van der Waals surface area (Å²) in [4.78, 5) is 12.9. The molecule has 19 heavy (non-hydrogen) atoms. The SMILES string of the molecule is CN1CCOC(COc2cc(F)cc(C(=O)O)c2)C1. The molecule has 1 atom stereocenters. The third kappa shape index (κ3) is 3.90. The summed E-state index contributed by atoms with van der Waals surface area (Å²) in [6, 6.07) is 3.43. The molecule has 0 amide bonds. The Morgan fingerprint density at radius 2 is 2.37 bits per heavy atom. The predicted molar refractivity (Wildman–Crippen MR) is 66.1 cm³/mol. The number of ether oxygens (including phenoxy) is 2. The van der Waals surface area contributed by atoms with Crippen LogP contribution in [0.2, 0.25) is 0 Å². The fraction of sp³-hybridized carbons (Fsp3) is 0.462. The van der Waals surface area contributed by atoms with Crippen LogP contribution in [0, 0.1) is 5.82 Å². The smallest absolute Gasteiger partial charge is 0.335 e. The second kappa shape index (κ2) is 5.99. The number of rotatable bonds is 4. The lowest BCUT2D eigenvalue weighted by Gasteiger charge is -2.29. The highest BCUT2D eigenvalue weighted by Crippen LogP contribution is 2.17. The van der Waals surface area contributed by atoms with Crippen LogP contribution in [0.1, 0.15) is 10.4 Å². The van der Waals surface area contributed by atoms with Gasteiger partial charge in [0.1, 0.15) is 24.3 Å². The summed E-state index contributed by atoms with van der Waals surface area (Å²) in [5, 5.41) is 8.83. The molecule has 0 bridgehead atoms. The molecule has 0 spiro atoms. The van der Waals surface area contributed by atoms with Gasteiger partial charge in [-0.15, -0.1) is 0 Å². The number of hydrogen-bond acceptors (Lipinski definition) is 4. The quantitative estimate of drug-likeness (QED) is 0.891. The summed E-state index contributed by atoms with van der Waals surface area (Å²) >= 11 is 0. The molecule has 0 aromatic heterocycles. The first-order valence-electron chi connectivity index (χ1n) is 6.01. The zero-order chi connectivity index (χ0) is 13.8. The summed E-state index contributed by atoms with van der Waals surface area (Å²) in [5.74, 6) is -1.61. The summed E-state index contributed by atoms with van der Waals surface area (Å²) in [7, 11) is 1.99. The van der Waals surface area contributed by atoms with E-state index in [-0.39, 0.29) is 24.0 Å². The molecule has 2 rings (SSSR count). The van der Waals surface area contributed by atoms with Gasteiger partial charge in [-0.25, -0.2) is 9.18 Å². The van der Waals surface area contributed by atoms with E-state index in [1.54, 1.807) is 0 Å². The summed E-state index contributed by atoms with van der Waals surface area (Å²) in [5.41, 5.74) is -0.128. The van der Waals surface area contributed by atoms with Gasteiger partial charge in [0.25, 0.3) is 0 Å². The fourth-order valence-corrected chi connectivity index (χ4v) is 1.93. The third-order valence-electron chi connectivity index (χ3n) is 2.90. The highest BCUT2D eigenvalue weighted by Gasteiger charge is 2.18. The Morgan fingerprint density at radius 3 is 3.05 bits per heavy atom. The molecule has 0 radical (unpaired) electrons. The molecule has 6 heteroatoms. The summed E-state index contributed by atoms with van der Waals surface area (Å²) in [6.07, 6.45) is -0.0877. The van der Waals surface area contributed by atoms with E-state index in [9.17, 15) is 9.18 Å². The molecule has 1 aromatic rings. The Hall–Kier alpha value is -1.66. The first-order chi connectivity index (χ1) is 9.04. The van der Waals surface area contributed by atoms with Crippen molar-refractivity contribution in [3.63, 3.8) is 0 Å². The Morgan fingerprint density at radius 1 is 1.58 bits per heavy atom. The van der Waals surface area contributed by atoms with Gasteiger partial charge in [0.2, 0.25) is 0 Å². The van der Waals surface area contributed by atoms with Gasteiger partial charge in [-0.05, 0) is 19.2 Å². The van der Waals surface area contributed by atoms with Crippen molar-refractivity contribution in [3.8, 4) is 5.75 Å². The van der Waals surface area contributed by atoms with Crippen molar-refractivity contribution in [1.29, 1.82) is 0 Å². The Bertz CT molecular complexity index is 466. The van der Waals surface area contributed by atoms with Crippen LogP contribution in [-0.4, -0.2) is 55.4 Å². The number of morpholine rings is 1. The van der Waals surface area contributed by atoms with Crippen LogP contribution in [0.4, 0.5) is 4.39 Å². The van der Waals surface area contributed by atoms with Crippen molar-refractivity contribution in [3.05, 3.63) is 29.6 Å². The highest BCUT2D eigenvalue weighted by atomic mass is 19.1. The molecule has 1 saturated heterocycles. The average Bonchev–Trinajstić information content (AvgIpc) is 2.36. The topological polar surface area (TPSA) is 59.0 Å². The molecule has 0 saturated carbocycles. The molecule has 1 fully saturated rings. The van der Waals surface area contributed by atoms with E-state index < -0.39 is 11.8 Å². The minimum absolute atomic E-state index is 0.0877. The number of likely N-dealkylation sites (N-methyl/N-ethyl adjacent to an activating group) is 1. The Labute approximate surface area is 110 Å². The van der Waals surface area contributed by atoms with Gasteiger partial charge in [0.15, 0.2) is 0 Å². The third-order valence-corrected chi connectivity index (χ3v) is 2.90. The van der Waals surface area contributed by atoms with Gasteiger partial charge >= 0.3 is 5.97 Å². The number of halogens is 1. The lowest BCUT2D eigenvalue weighted by Crippen LogP contribution is -2.42. The number of benzene rings is 1. The second-order valence-electron chi connectivity index (χ2n) is 4.55. The number of carbonyl (C=O) groups is 1. The number of carboxylic acid groups (broad SMARTS) is 1. The van der Waals surface area contributed by atoms with Crippen LogP contribution in [0.15, 0.2) is 18.2 Å². The Kier molecular flexibility index (Phi) is 4.34. The van der Waals surface area contributed by atoms with Gasteiger partial charge < -0.3 is 19.5 Å². The van der Waals surface area contributed by atoms with Crippen LogP contribution < -0.4 is 4.74 Å². The maximum Gasteiger partial charge on any atom is 0.335 e. The van der Waals surface area contributed by atoms with Crippen molar-refractivity contribution in [2.45, 2.75) is 6.10 Å². The van der Waals surface area contributed by atoms with E-state index >= 15 is 0 Å². The molecule has 1 heterocycles. The van der Waals surface area contributed by atoms with E-state index in [4.69, 9.17) is 14.6 Å². The second-order valence-corrected chi connectivity index (χ2v) is 4.55. The van der Waals surface area contributed by atoms with Crippen molar-refractivity contribution in [1.82, 2.24) is 4.90 Å². The van der Waals surface area contributed by atoms with E-state index in [0.29, 0.717) is 6.61 Å². The van der Waals surface area contributed by atoms with Crippen LogP contribution in [0.25, 0.3) is 0 Å². The van der Waals surface area contributed by atoms with E-state index in [0.717, 1.165) is 19.2 Å². The lowest BCUT2D eigenvalue weighted by molar-refractivity contribution is -0.0403. The van der Waals surface area contributed by atoms with Crippen LogP contribution >= 0.6 is 0 Å². The predicted octanol–water partition coefficient (Wildman–Crippen LogP) is 1.23.